The molecule has 1 aliphatic heterocycles. The van der Waals surface area contributed by atoms with Gasteiger partial charge in [-0.3, -0.25) is 4.79 Å². The lowest BCUT2D eigenvalue weighted by molar-refractivity contribution is -0.129. The van der Waals surface area contributed by atoms with Crippen LogP contribution in [0.3, 0.4) is 0 Å². The summed E-state index contributed by atoms with van der Waals surface area (Å²) in [6.45, 7) is 3.56. The van der Waals surface area contributed by atoms with E-state index in [1.54, 1.807) is 29.2 Å². The Morgan fingerprint density at radius 3 is 2.24 bits per heavy atom. The number of rotatable bonds is 4. The molecule has 1 aliphatic rings. The molecule has 0 aromatic heterocycles. The fourth-order valence-corrected chi connectivity index (χ4v) is 4.10. The number of carbonyl (C=O) groups excluding carboxylic acids is 1. The van der Waals surface area contributed by atoms with Crippen molar-refractivity contribution in [2.75, 3.05) is 38.2 Å². The SMILES string of the molecule is CSCC(=O)N1CCN(S(=O)(=O)c2ccc(C)cc2)CC1. The maximum atomic E-state index is 12.5. The van der Waals surface area contributed by atoms with Crippen LogP contribution in [0.4, 0.5) is 0 Å². The zero-order valence-electron chi connectivity index (χ0n) is 12.3. The van der Waals surface area contributed by atoms with E-state index in [-0.39, 0.29) is 5.91 Å². The summed E-state index contributed by atoms with van der Waals surface area (Å²) in [7, 11) is -3.45. The molecular formula is C14H20N2O3S2. The Kier molecular flexibility index (Phi) is 5.29. The molecule has 1 aromatic carbocycles. The smallest absolute Gasteiger partial charge is 0.243 e. The summed E-state index contributed by atoms with van der Waals surface area (Å²) in [4.78, 5) is 13.8. The average molecular weight is 328 g/mol. The van der Waals surface area contributed by atoms with Gasteiger partial charge in [0.1, 0.15) is 0 Å². The molecule has 1 aromatic rings. The van der Waals surface area contributed by atoms with Crippen molar-refractivity contribution in [1.29, 1.82) is 0 Å². The highest BCUT2D eigenvalue weighted by molar-refractivity contribution is 7.99. The Hall–Kier alpha value is -1.05. The lowest BCUT2D eigenvalue weighted by Gasteiger charge is -2.34. The predicted octanol–water partition coefficient (Wildman–Crippen LogP) is 1.19. The van der Waals surface area contributed by atoms with Crippen LogP contribution in [0.25, 0.3) is 0 Å². The maximum Gasteiger partial charge on any atom is 0.243 e. The molecule has 0 unspecified atom stereocenters. The minimum atomic E-state index is -3.45. The van der Waals surface area contributed by atoms with Gasteiger partial charge in [0.2, 0.25) is 15.9 Å². The number of carbonyl (C=O) groups is 1. The first-order valence-corrected chi connectivity index (χ1v) is 9.62. The molecule has 21 heavy (non-hydrogen) atoms. The second kappa shape index (κ2) is 6.81. The van der Waals surface area contributed by atoms with Crippen LogP contribution in [-0.2, 0) is 14.8 Å². The number of nitrogens with zero attached hydrogens (tertiary/aromatic N) is 2. The quantitative estimate of drug-likeness (QED) is 0.833. The third-order valence-corrected chi connectivity index (χ3v) is 5.97. The average Bonchev–Trinajstić information content (AvgIpc) is 2.48. The second-order valence-corrected chi connectivity index (χ2v) is 7.83. The molecular weight excluding hydrogens is 308 g/mol. The molecule has 5 nitrogen and oxygen atoms in total. The fourth-order valence-electron chi connectivity index (χ4n) is 2.25. The monoisotopic (exact) mass is 328 g/mol. The Balaban J connectivity index is 2.04. The van der Waals surface area contributed by atoms with E-state index in [1.165, 1.54) is 16.1 Å². The van der Waals surface area contributed by atoms with Gasteiger partial charge in [0.25, 0.3) is 0 Å². The topological polar surface area (TPSA) is 57.7 Å². The summed E-state index contributed by atoms with van der Waals surface area (Å²) in [5.41, 5.74) is 1.03. The molecule has 1 heterocycles. The summed E-state index contributed by atoms with van der Waals surface area (Å²) >= 11 is 1.48. The molecule has 0 spiro atoms. The zero-order valence-corrected chi connectivity index (χ0v) is 13.9. The van der Waals surface area contributed by atoms with E-state index >= 15 is 0 Å². The van der Waals surface area contributed by atoms with Gasteiger partial charge >= 0.3 is 0 Å². The summed E-state index contributed by atoms with van der Waals surface area (Å²) in [5, 5.41) is 0. The lowest BCUT2D eigenvalue weighted by atomic mass is 10.2. The van der Waals surface area contributed by atoms with E-state index in [4.69, 9.17) is 0 Å². The molecule has 1 fully saturated rings. The van der Waals surface area contributed by atoms with Crippen LogP contribution in [0.15, 0.2) is 29.2 Å². The van der Waals surface area contributed by atoms with Gasteiger partial charge in [-0.05, 0) is 25.3 Å². The number of amides is 1. The van der Waals surface area contributed by atoms with Gasteiger partial charge in [-0.1, -0.05) is 17.7 Å². The van der Waals surface area contributed by atoms with Crippen molar-refractivity contribution in [1.82, 2.24) is 9.21 Å². The largest absolute Gasteiger partial charge is 0.339 e. The van der Waals surface area contributed by atoms with Gasteiger partial charge in [0.05, 0.1) is 10.6 Å². The van der Waals surface area contributed by atoms with Crippen LogP contribution >= 0.6 is 11.8 Å². The number of aryl methyl sites for hydroxylation is 1. The number of thioether (sulfide) groups is 1. The zero-order chi connectivity index (χ0) is 15.5. The van der Waals surface area contributed by atoms with E-state index in [2.05, 4.69) is 0 Å². The Morgan fingerprint density at radius 2 is 1.71 bits per heavy atom. The molecule has 2 rings (SSSR count). The van der Waals surface area contributed by atoms with Crippen LogP contribution in [0.2, 0.25) is 0 Å². The number of hydrogen-bond acceptors (Lipinski definition) is 4. The highest BCUT2D eigenvalue weighted by atomic mass is 32.2. The van der Waals surface area contributed by atoms with Crippen molar-refractivity contribution in [2.45, 2.75) is 11.8 Å². The van der Waals surface area contributed by atoms with Crippen LogP contribution in [0.5, 0.6) is 0 Å². The number of sulfonamides is 1. The van der Waals surface area contributed by atoms with Crippen molar-refractivity contribution < 1.29 is 13.2 Å². The first-order chi connectivity index (χ1) is 9.95. The molecule has 0 radical (unpaired) electrons. The van der Waals surface area contributed by atoms with Crippen molar-refractivity contribution in [3.05, 3.63) is 29.8 Å². The molecule has 0 saturated carbocycles. The summed E-state index contributed by atoms with van der Waals surface area (Å²) < 4.78 is 26.5. The number of benzene rings is 1. The summed E-state index contributed by atoms with van der Waals surface area (Å²) in [5.74, 6) is 0.528. The third-order valence-electron chi connectivity index (χ3n) is 3.52. The molecule has 0 aliphatic carbocycles. The van der Waals surface area contributed by atoms with E-state index in [1.807, 2.05) is 13.2 Å². The molecule has 0 bridgehead atoms. The minimum absolute atomic E-state index is 0.0786. The van der Waals surface area contributed by atoms with Gasteiger partial charge in [-0.15, -0.1) is 0 Å². The minimum Gasteiger partial charge on any atom is -0.339 e. The van der Waals surface area contributed by atoms with Crippen molar-refractivity contribution in [3.63, 3.8) is 0 Å². The molecule has 116 valence electrons. The second-order valence-electron chi connectivity index (χ2n) is 5.03. The van der Waals surface area contributed by atoms with Gasteiger partial charge in [-0.25, -0.2) is 8.42 Å². The molecule has 7 heteroatoms. The van der Waals surface area contributed by atoms with Crippen molar-refractivity contribution >= 4 is 27.7 Å². The standard InChI is InChI=1S/C14H20N2O3S2/c1-12-3-5-13(6-4-12)21(18,19)16-9-7-15(8-10-16)14(17)11-20-2/h3-6H,7-11H2,1-2H3. The van der Waals surface area contributed by atoms with E-state index in [9.17, 15) is 13.2 Å². The molecule has 1 saturated heterocycles. The third kappa shape index (κ3) is 3.78. The van der Waals surface area contributed by atoms with Crippen LogP contribution in [-0.4, -0.2) is 61.7 Å². The van der Waals surface area contributed by atoms with Crippen molar-refractivity contribution in [2.24, 2.45) is 0 Å². The van der Waals surface area contributed by atoms with Crippen LogP contribution in [0, 0.1) is 6.92 Å². The van der Waals surface area contributed by atoms with Gasteiger partial charge < -0.3 is 4.90 Å². The van der Waals surface area contributed by atoms with E-state index in [0.29, 0.717) is 36.8 Å². The highest BCUT2D eigenvalue weighted by Gasteiger charge is 2.29. The van der Waals surface area contributed by atoms with Gasteiger partial charge in [0, 0.05) is 26.2 Å². The first-order valence-electron chi connectivity index (χ1n) is 6.78. The predicted molar refractivity (Wildman–Crippen MR) is 84.9 cm³/mol. The van der Waals surface area contributed by atoms with Crippen LogP contribution in [0.1, 0.15) is 5.56 Å². The summed E-state index contributed by atoms with van der Waals surface area (Å²) in [6.07, 6.45) is 1.88. The normalized spacial score (nSPS) is 17.0. The highest BCUT2D eigenvalue weighted by Crippen LogP contribution is 2.18. The molecule has 1 amide bonds. The van der Waals surface area contributed by atoms with Crippen LogP contribution < -0.4 is 0 Å². The van der Waals surface area contributed by atoms with Crippen molar-refractivity contribution in [3.8, 4) is 0 Å². The van der Waals surface area contributed by atoms with E-state index in [0.717, 1.165) is 5.56 Å². The fraction of sp³-hybridized carbons (Fsp3) is 0.500. The number of piperazine rings is 1. The maximum absolute atomic E-state index is 12.5. The van der Waals surface area contributed by atoms with Gasteiger partial charge in [0.15, 0.2) is 0 Å². The van der Waals surface area contributed by atoms with Gasteiger partial charge in [-0.2, -0.15) is 16.1 Å². The van der Waals surface area contributed by atoms with E-state index < -0.39 is 10.0 Å². The molecule has 0 atom stereocenters. The first kappa shape index (κ1) is 16.3. The lowest BCUT2D eigenvalue weighted by Crippen LogP contribution is -2.50. The Bertz CT molecular complexity index is 591. The number of hydrogen-bond donors (Lipinski definition) is 0. The summed E-state index contributed by atoms with van der Waals surface area (Å²) in [6, 6.07) is 6.86. The molecule has 0 N–H and O–H groups in total. The Labute approximate surface area is 130 Å². The Morgan fingerprint density at radius 1 is 1.14 bits per heavy atom.